The molecule has 6 heteroatoms. The van der Waals surface area contributed by atoms with E-state index < -0.39 is 0 Å². The molecule has 0 atom stereocenters. The van der Waals surface area contributed by atoms with Crippen molar-refractivity contribution in [2.45, 2.75) is 0 Å². The molecule has 0 bridgehead atoms. The van der Waals surface area contributed by atoms with Gasteiger partial charge >= 0.3 is 0 Å². The summed E-state index contributed by atoms with van der Waals surface area (Å²) in [7, 11) is 3.96. The van der Waals surface area contributed by atoms with Crippen molar-refractivity contribution in [3.8, 4) is 0 Å². The molecule has 2 aromatic carbocycles. The fourth-order valence-corrected chi connectivity index (χ4v) is 2.06. The second kappa shape index (κ2) is 8.19. The highest BCUT2D eigenvalue weighted by Gasteiger charge is 2.02. The maximum absolute atomic E-state index is 11.7. The van der Waals surface area contributed by atoms with Crippen LogP contribution in [0.3, 0.4) is 0 Å². The van der Waals surface area contributed by atoms with Crippen molar-refractivity contribution in [1.29, 1.82) is 0 Å². The second-order valence-corrected chi connectivity index (χ2v) is 5.52. The van der Waals surface area contributed by atoms with Crippen LogP contribution in [-0.2, 0) is 4.79 Å². The topological polar surface area (TPSA) is 56.7 Å². The average molecular weight is 331 g/mol. The minimum absolute atomic E-state index is 0.0979. The lowest BCUT2D eigenvalue weighted by atomic mass is 10.2. The first-order valence-corrected chi connectivity index (χ1v) is 7.52. The Labute approximate surface area is 141 Å². The lowest BCUT2D eigenvalue weighted by molar-refractivity contribution is -0.119. The molecule has 0 aromatic heterocycles. The number of amides is 1. The van der Waals surface area contributed by atoms with Gasteiger partial charge in [-0.25, -0.2) is 5.43 Å². The highest BCUT2D eigenvalue weighted by Crippen LogP contribution is 2.19. The minimum atomic E-state index is -0.244. The molecule has 0 saturated heterocycles. The van der Waals surface area contributed by atoms with E-state index in [4.69, 9.17) is 11.6 Å². The highest BCUT2D eigenvalue weighted by atomic mass is 35.5. The van der Waals surface area contributed by atoms with Crippen molar-refractivity contribution in [3.63, 3.8) is 0 Å². The Kier molecular flexibility index (Phi) is 6.00. The lowest BCUT2D eigenvalue weighted by Gasteiger charge is -2.11. The van der Waals surface area contributed by atoms with E-state index >= 15 is 0 Å². The molecule has 0 aliphatic heterocycles. The number of nitrogens with zero attached hydrogens (tertiary/aromatic N) is 2. The van der Waals surface area contributed by atoms with Crippen molar-refractivity contribution in [3.05, 3.63) is 59.1 Å². The molecular weight excluding hydrogens is 312 g/mol. The normalized spacial score (nSPS) is 10.6. The van der Waals surface area contributed by atoms with Gasteiger partial charge in [0.05, 0.1) is 23.5 Å². The molecule has 0 unspecified atom stereocenters. The summed E-state index contributed by atoms with van der Waals surface area (Å²) >= 11 is 6.00. The Bertz CT molecular complexity index is 683. The number of rotatable bonds is 6. The third-order valence-electron chi connectivity index (χ3n) is 3.13. The molecule has 5 nitrogen and oxygen atoms in total. The maximum Gasteiger partial charge on any atom is 0.259 e. The number of para-hydroxylation sites is 1. The summed E-state index contributed by atoms with van der Waals surface area (Å²) < 4.78 is 0. The van der Waals surface area contributed by atoms with Crippen molar-refractivity contribution in [1.82, 2.24) is 5.43 Å². The van der Waals surface area contributed by atoms with Crippen LogP contribution in [0.25, 0.3) is 0 Å². The number of benzene rings is 2. The fraction of sp³-hybridized carbons (Fsp3) is 0.176. The zero-order chi connectivity index (χ0) is 16.7. The van der Waals surface area contributed by atoms with Gasteiger partial charge in [0.2, 0.25) is 0 Å². The van der Waals surface area contributed by atoms with Crippen LogP contribution in [0.2, 0.25) is 5.02 Å². The summed E-state index contributed by atoms with van der Waals surface area (Å²) in [6, 6.07) is 15.1. The van der Waals surface area contributed by atoms with E-state index in [2.05, 4.69) is 15.8 Å². The average Bonchev–Trinajstić information content (AvgIpc) is 2.54. The lowest BCUT2D eigenvalue weighted by Crippen LogP contribution is -2.25. The van der Waals surface area contributed by atoms with Gasteiger partial charge in [-0.3, -0.25) is 4.79 Å². The molecule has 0 saturated carbocycles. The summed E-state index contributed by atoms with van der Waals surface area (Å²) in [6.45, 7) is 0.0979. The third-order valence-corrected chi connectivity index (χ3v) is 3.46. The number of hydrogen-bond donors (Lipinski definition) is 2. The van der Waals surface area contributed by atoms with Gasteiger partial charge in [-0.05, 0) is 29.8 Å². The van der Waals surface area contributed by atoms with E-state index in [1.54, 1.807) is 12.3 Å². The second-order valence-electron chi connectivity index (χ2n) is 5.11. The summed E-state index contributed by atoms with van der Waals surface area (Å²) in [5, 5.41) is 7.47. The molecule has 0 radical (unpaired) electrons. The molecule has 0 aliphatic rings. The van der Waals surface area contributed by atoms with Gasteiger partial charge in [0, 0.05) is 19.8 Å². The zero-order valence-corrected chi connectivity index (χ0v) is 13.8. The molecule has 2 N–H and O–H groups in total. The Morgan fingerprint density at radius 1 is 1.17 bits per heavy atom. The number of nitrogens with one attached hydrogen (secondary N) is 2. The van der Waals surface area contributed by atoms with Crippen LogP contribution in [0.5, 0.6) is 0 Å². The molecule has 0 aliphatic carbocycles. The van der Waals surface area contributed by atoms with Gasteiger partial charge in [-0.1, -0.05) is 35.9 Å². The highest BCUT2D eigenvalue weighted by molar-refractivity contribution is 6.33. The molecule has 0 spiro atoms. The molecule has 2 rings (SSSR count). The van der Waals surface area contributed by atoms with E-state index in [0.29, 0.717) is 10.7 Å². The SMILES string of the molecule is CN(C)c1ccc(/C=N\NC(=O)CNc2ccccc2Cl)cc1. The third kappa shape index (κ3) is 5.30. The molecule has 0 fully saturated rings. The summed E-state index contributed by atoms with van der Waals surface area (Å²) in [6.07, 6.45) is 1.60. The van der Waals surface area contributed by atoms with Crippen LogP contribution < -0.4 is 15.6 Å². The Balaban J connectivity index is 1.80. The monoisotopic (exact) mass is 330 g/mol. The van der Waals surface area contributed by atoms with Gasteiger partial charge in [0.1, 0.15) is 0 Å². The van der Waals surface area contributed by atoms with Crippen molar-refractivity contribution < 1.29 is 4.79 Å². The molecule has 120 valence electrons. The van der Waals surface area contributed by atoms with Gasteiger partial charge < -0.3 is 10.2 Å². The van der Waals surface area contributed by atoms with Crippen molar-refractivity contribution in [2.24, 2.45) is 5.10 Å². The summed E-state index contributed by atoms with van der Waals surface area (Å²) in [5.41, 5.74) is 5.21. The van der Waals surface area contributed by atoms with Gasteiger partial charge in [-0.2, -0.15) is 5.10 Å². The zero-order valence-electron chi connectivity index (χ0n) is 13.1. The first-order valence-electron chi connectivity index (χ1n) is 7.14. The Morgan fingerprint density at radius 2 is 1.87 bits per heavy atom. The first kappa shape index (κ1) is 16.8. The molecular formula is C17H19ClN4O. The largest absolute Gasteiger partial charge is 0.378 e. The molecule has 0 heterocycles. The van der Waals surface area contributed by atoms with Crippen molar-refractivity contribution in [2.75, 3.05) is 30.9 Å². The number of hydrogen-bond acceptors (Lipinski definition) is 4. The van der Waals surface area contributed by atoms with Gasteiger partial charge in [-0.15, -0.1) is 0 Å². The predicted octanol–water partition coefficient (Wildman–Crippen LogP) is 2.97. The van der Waals surface area contributed by atoms with Crippen LogP contribution >= 0.6 is 11.6 Å². The van der Waals surface area contributed by atoms with Crippen LogP contribution in [-0.4, -0.2) is 32.8 Å². The van der Waals surface area contributed by atoms with E-state index in [0.717, 1.165) is 11.3 Å². The van der Waals surface area contributed by atoms with E-state index in [1.807, 2.05) is 61.5 Å². The smallest absolute Gasteiger partial charge is 0.259 e. The minimum Gasteiger partial charge on any atom is -0.378 e. The molecule has 1 amide bonds. The maximum atomic E-state index is 11.7. The van der Waals surface area contributed by atoms with Crippen molar-refractivity contribution >= 4 is 35.1 Å². The number of carbonyl (C=O) groups excluding carboxylic acids is 1. The van der Waals surface area contributed by atoms with E-state index in [1.165, 1.54) is 0 Å². The number of anilines is 2. The Hall–Kier alpha value is -2.53. The van der Waals surface area contributed by atoms with Crippen LogP contribution in [0.15, 0.2) is 53.6 Å². The van der Waals surface area contributed by atoms with E-state index in [9.17, 15) is 4.79 Å². The number of hydrazone groups is 1. The van der Waals surface area contributed by atoms with Crippen LogP contribution in [0.4, 0.5) is 11.4 Å². The Morgan fingerprint density at radius 3 is 2.52 bits per heavy atom. The molecule has 23 heavy (non-hydrogen) atoms. The summed E-state index contributed by atoms with van der Waals surface area (Å²) in [5.74, 6) is -0.244. The van der Waals surface area contributed by atoms with E-state index in [-0.39, 0.29) is 12.5 Å². The van der Waals surface area contributed by atoms with Gasteiger partial charge in [0.15, 0.2) is 0 Å². The van der Waals surface area contributed by atoms with Crippen LogP contribution in [0, 0.1) is 0 Å². The fourth-order valence-electron chi connectivity index (χ4n) is 1.86. The molecule has 2 aromatic rings. The quantitative estimate of drug-likeness (QED) is 0.632. The number of halogens is 1. The summed E-state index contributed by atoms with van der Waals surface area (Å²) in [4.78, 5) is 13.7. The van der Waals surface area contributed by atoms with Crippen LogP contribution in [0.1, 0.15) is 5.56 Å². The number of carbonyl (C=O) groups is 1. The predicted molar refractivity (Wildman–Crippen MR) is 96.4 cm³/mol. The van der Waals surface area contributed by atoms with Gasteiger partial charge in [0.25, 0.3) is 5.91 Å². The first-order chi connectivity index (χ1) is 11.1. The standard InChI is InChI=1S/C17H19ClN4O/c1-22(2)14-9-7-13(8-10-14)11-20-21-17(23)12-19-16-6-4-3-5-15(16)18/h3-11,19H,12H2,1-2H3,(H,21,23)/b20-11-.